The molecule has 2 atom stereocenters. The molecule has 104 valence electrons. The van der Waals surface area contributed by atoms with Gasteiger partial charge in [-0.15, -0.1) is 0 Å². The maximum absolute atomic E-state index is 11.4. The molecule has 1 fully saturated rings. The smallest absolute Gasteiger partial charge is 0.156 e. The molecule has 1 aliphatic heterocycles. The van der Waals surface area contributed by atoms with E-state index >= 15 is 0 Å². The Kier molecular flexibility index (Phi) is 4.34. The molecular formula is C11H10Br2O5S. The van der Waals surface area contributed by atoms with E-state index in [1.807, 2.05) is 0 Å². The number of hydrogen-bond acceptors (Lipinski definition) is 5. The molecule has 0 radical (unpaired) electrons. The van der Waals surface area contributed by atoms with Crippen LogP contribution in [0.3, 0.4) is 0 Å². The first-order valence-electron chi connectivity index (χ1n) is 5.32. The number of carbonyl (C=O) groups excluding carboxylic acids is 1. The molecule has 0 bridgehead atoms. The van der Waals surface area contributed by atoms with Crippen molar-refractivity contribution in [3.05, 3.63) is 26.6 Å². The van der Waals surface area contributed by atoms with E-state index in [9.17, 15) is 18.3 Å². The quantitative estimate of drug-likeness (QED) is 0.760. The summed E-state index contributed by atoms with van der Waals surface area (Å²) in [5.41, 5.74) is 0.450. The van der Waals surface area contributed by atoms with Gasteiger partial charge in [0.2, 0.25) is 0 Å². The molecule has 2 unspecified atom stereocenters. The van der Waals surface area contributed by atoms with E-state index in [1.54, 1.807) is 12.1 Å². The zero-order valence-corrected chi connectivity index (χ0v) is 13.5. The van der Waals surface area contributed by atoms with Crippen molar-refractivity contribution >= 4 is 48.0 Å². The van der Waals surface area contributed by atoms with Crippen molar-refractivity contribution < 1.29 is 23.1 Å². The van der Waals surface area contributed by atoms with E-state index in [2.05, 4.69) is 31.9 Å². The average molecular weight is 414 g/mol. The third-order valence-corrected chi connectivity index (χ3v) is 5.56. The van der Waals surface area contributed by atoms with E-state index in [1.165, 1.54) is 0 Å². The fourth-order valence-corrected chi connectivity index (χ4v) is 4.89. The SMILES string of the molecule is O=Cc1cc(Br)c(OC2CS(=O)(=O)CC2O)c(Br)c1. The molecule has 1 aromatic carbocycles. The van der Waals surface area contributed by atoms with Gasteiger partial charge >= 0.3 is 0 Å². The van der Waals surface area contributed by atoms with Crippen LogP contribution in [0, 0.1) is 0 Å². The van der Waals surface area contributed by atoms with Crippen molar-refractivity contribution in [1.29, 1.82) is 0 Å². The number of carbonyl (C=O) groups is 1. The molecule has 19 heavy (non-hydrogen) atoms. The number of ether oxygens (including phenoxy) is 1. The van der Waals surface area contributed by atoms with Crippen LogP contribution in [0.2, 0.25) is 0 Å². The zero-order chi connectivity index (χ0) is 14.2. The molecule has 1 aromatic rings. The summed E-state index contributed by atoms with van der Waals surface area (Å²) < 4.78 is 29.4. The van der Waals surface area contributed by atoms with Crippen LogP contribution in [0.1, 0.15) is 10.4 Å². The van der Waals surface area contributed by atoms with Crippen molar-refractivity contribution in [2.45, 2.75) is 12.2 Å². The minimum atomic E-state index is -3.27. The maximum atomic E-state index is 11.4. The minimum absolute atomic E-state index is 0.220. The predicted octanol–water partition coefficient (Wildman–Crippen LogP) is 1.56. The fourth-order valence-electron chi connectivity index (χ4n) is 1.82. The van der Waals surface area contributed by atoms with Gasteiger partial charge in [0, 0.05) is 5.56 Å². The van der Waals surface area contributed by atoms with Crippen molar-refractivity contribution in [2.24, 2.45) is 0 Å². The molecule has 1 saturated heterocycles. The molecule has 0 aliphatic carbocycles. The second-order valence-corrected chi connectivity index (χ2v) is 8.09. The predicted molar refractivity (Wildman–Crippen MR) is 76.3 cm³/mol. The summed E-state index contributed by atoms with van der Waals surface area (Å²) in [6.07, 6.45) is -1.16. The Morgan fingerprint density at radius 1 is 1.26 bits per heavy atom. The summed E-state index contributed by atoms with van der Waals surface area (Å²) in [5.74, 6) is -0.145. The van der Waals surface area contributed by atoms with Crippen LogP contribution in [0.15, 0.2) is 21.1 Å². The van der Waals surface area contributed by atoms with Gasteiger partial charge < -0.3 is 9.84 Å². The van der Waals surface area contributed by atoms with E-state index in [0.717, 1.165) is 0 Å². The summed E-state index contributed by atoms with van der Waals surface area (Å²) in [4.78, 5) is 10.7. The monoisotopic (exact) mass is 412 g/mol. The Hall–Kier alpha value is -0.440. The average Bonchev–Trinajstić information content (AvgIpc) is 2.56. The van der Waals surface area contributed by atoms with Crippen LogP contribution < -0.4 is 4.74 Å². The van der Waals surface area contributed by atoms with Crippen molar-refractivity contribution in [2.75, 3.05) is 11.5 Å². The molecule has 2 rings (SSSR count). The molecule has 1 N–H and O–H groups in total. The Morgan fingerprint density at radius 3 is 2.26 bits per heavy atom. The number of aliphatic hydroxyl groups excluding tert-OH is 1. The summed E-state index contributed by atoms with van der Waals surface area (Å²) in [7, 11) is -3.27. The number of rotatable bonds is 3. The molecule has 1 heterocycles. The number of sulfone groups is 1. The number of benzene rings is 1. The molecule has 0 aromatic heterocycles. The van der Waals surface area contributed by atoms with Gasteiger partial charge in [-0.25, -0.2) is 8.42 Å². The Labute approximate surface area is 127 Å². The van der Waals surface area contributed by atoms with E-state index in [4.69, 9.17) is 4.74 Å². The first-order chi connectivity index (χ1) is 8.82. The second kappa shape index (κ2) is 5.51. The minimum Gasteiger partial charge on any atom is -0.484 e. The van der Waals surface area contributed by atoms with Crippen molar-refractivity contribution in [1.82, 2.24) is 0 Å². The Balaban J connectivity index is 2.27. The lowest BCUT2D eigenvalue weighted by Gasteiger charge is -2.18. The fraction of sp³-hybridized carbons (Fsp3) is 0.364. The number of hydrogen-bond donors (Lipinski definition) is 1. The summed E-state index contributed by atoms with van der Waals surface area (Å²) in [6.45, 7) is 0. The molecule has 0 amide bonds. The normalized spacial score (nSPS) is 25.2. The molecule has 0 spiro atoms. The zero-order valence-electron chi connectivity index (χ0n) is 9.55. The molecular weight excluding hydrogens is 404 g/mol. The van der Waals surface area contributed by atoms with Gasteiger partial charge in [-0.2, -0.15) is 0 Å². The molecule has 0 saturated carbocycles. The van der Waals surface area contributed by atoms with Crippen LogP contribution in [0.4, 0.5) is 0 Å². The van der Waals surface area contributed by atoms with Crippen LogP contribution in [-0.2, 0) is 9.84 Å². The lowest BCUT2D eigenvalue weighted by molar-refractivity contribution is 0.0727. The first-order valence-corrected chi connectivity index (χ1v) is 8.72. The van der Waals surface area contributed by atoms with Crippen LogP contribution in [0.25, 0.3) is 0 Å². The number of halogens is 2. The number of aldehydes is 1. The van der Waals surface area contributed by atoms with Crippen LogP contribution >= 0.6 is 31.9 Å². The van der Waals surface area contributed by atoms with Gasteiger partial charge in [0.15, 0.2) is 9.84 Å². The highest BCUT2D eigenvalue weighted by atomic mass is 79.9. The van der Waals surface area contributed by atoms with Crippen molar-refractivity contribution in [3.63, 3.8) is 0 Å². The van der Waals surface area contributed by atoms with Crippen LogP contribution in [-0.4, -0.2) is 43.5 Å². The largest absolute Gasteiger partial charge is 0.484 e. The molecule has 8 heteroatoms. The van der Waals surface area contributed by atoms with E-state index < -0.39 is 22.0 Å². The standard InChI is InChI=1S/C11H10Br2O5S/c12-7-1-6(3-14)2-8(13)11(7)18-10-5-19(16,17)4-9(10)15/h1-3,9-10,15H,4-5H2. The number of aliphatic hydroxyl groups is 1. The van der Waals surface area contributed by atoms with Gasteiger partial charge in [0.05, 0.1) is 20.5 Å². The first kappa shape index (κ1) is 15.0. The topological polar surface area (TPSA) is 80.7 Å². The highest BCUT2D eigenvalue weighted by molar-refractivity contribution is 9.11. The van der Waals surface area contributed by atoms with E-state index in [-0.39, 0.29) is 11.5 Å². The van der Waals surface area contributed by atoms with E-state index in [0.29, 0.717) is 26.5 Å². The Bertz CT molecular complexity index is 591. The lowest BCUT2D eigenvalue weighted by Crippen LogP contribution is -2.30. The van der Waals surface area contributed by atoms with Gasteiger partial charge in [0.1, 0.15) is 24.2 Å². The van der Waals surface area contributed by atoms with Crippen LogP contribution in [0.5, 0.6) is 5.75 Å². The lowest BCUT2D eigenvalue weighted by atomic mass is 10.2. The highest BCUT2D eigenvalue weighted by Gasteiger charge is 2.38. The van der Waals surface area contributed by atoms with Crippen molar-refractivity contribution in [3.8, 4) is 5.75 Å². The van der Waals surface area contributed by atoms with Gasteiger partial charge in [-0.05, 0) is 44.0 Å². The summed E-state index contributed by atoms with van der Waals surface area (Å²) in [5, 5.41) is 9.68. The third kappa shape index (κ3) is 3.36. The van der Waals surface area contributed by atoms with Gasteiger partial charge in [-0.3, -0.25) is 4.79 Å². The summed E-state index contributed by atoms with van der Waals surface area (Å²) >= 11 is 6.50. The molecule has 5 nitrogen and oxygen atoms in total. The second-order valence-electron chi connectivity index (χ2n) is 4.23. The summed E-state index contributed by atoms with van der Waals surface area (Å²) in [6, 6.07) is 3.12. The highest BCUT2D eigenvalue weighted by Crippen LogP contribution is 2.36. The molecule has 1 aliphatic rings. The maximum Gasteiger partial charge on any atom is 0.156 e. The Morgan fingerprint density at radius 2 is 1.84 bits per heavy atom. The van der Waals surface area contributed by atoms with Gasteiger partial charge in [-0.1, -0.05) is 0 Å². The third-order valence-electron chi connectivity index (χ3n) is 2.70. The van der Waals surface area contributed by atoms with Gasteiger partial charge in [0.25, 0.3) is 0 Å².